The molecule has 0 unspecified atom stereocenters. The fourth-order valence-corrected chi connectivity index (χ4v) is 2.21. The molecule has 15 heavy (non-hydrogen) atoms. The van der Waals surface area contributed by atoms with Crippen LogP contribution in [0, 0.1) is 17.2 Å². The van der Waals surface area contributed by atoms with E-state index in [-0.39, 0.29) is 11.1 Å². The molecule has 1 heterocycles. The lowest BCUT2D eigenvalue weighted by Crippen LogP contribution is -2.21. The van der Waals surface area contributed by atoms with Gasteiger partial charge >= 0.3 is 0 Å². The van der Waals surface area contributed by atoms with E-state index in [4.69, 9.17) is 5.26 Å². The molecule has 78 valence electrons. The summed E-state index contributed by atoms with van der Waals surface area (Å²) in [6.07, 6.45) is 4.25. The molecule has 0 saturated carbocycles. The van der Waals surface area contributed by atoms with E-state index < -0.39 is 0 Å². The maximum Gasteiger partial charge on any atom is 0.266 e. The van der Waals surface area contributed by atoms with Crippen molar-refractivity contribution in [2.24, 2.45) is 5.92 Å². The van der Waals surface area contributed by atoms with Crippen LogP contribution in [0.1, 0.15) is 36.6 Å². The first-order chi connectivity index (χ1) is 7.24. The van der Waals surface area contributed by atoms with E-state index in [1.54, 1.807) is 6.07 Å². The standard InChI is InChI=1S/C12H14N2O/c1-2-8-3-4-11-9(5-8)6-10(7-13)12(15)14-11/h6,8H,2-5H2,1H3,(H,14,15)/t8-/m1/s1. The summed E-state index contributed by atoms with van der Waals surface area (Å²) in [5, 5.41) is 8.77. The molecule has 1 aromatic heterocycles. The summed E-state index contributed by atoms with van der Waals surface area (Å²) >= 11 is 0. The van der Waals surface area contributed by atoms with Crippen molar-refractivity contribution < 1.29 is 0 Å². The highest BCUT2D eigenvalue weighted by atomic mass is 16.1. The molecule has 1 aromatic rings. The Morgan fingerprint density at radius 1 is 1.67 bits per heavy atom. The second-order valence-corrected chi connectivity index (χ2v) is 4.14. The van der Waals surface area contributed by atoms with Gasteiger partial charge in [-0.05, 0) is 36.8 Å². The summed E-state index contributed by atoms with van der Waals surface area (Å²) in [7, 11) is 0. The minimum absolute atomic E-state index is 0.241. The number of hydrogen-bond acceptors (Lipinski definition) is 2. The van der Waals surface area contributed by atoms with E-state index >= 15 is 0 Å². The predicted octanol–water partition coefficient (Wildman–Crippen LogP) is 1.76. The van der Waals surface area contributed by atoms with Crippen LogP contribution in [0.4, 0.5) is 0 Å². The highest BCUT2D eigenvalue weighted by Gasteiger charge is 2.18. The number of aryl methyl sites for hydroxylation is 1. The summed E-state index contributed by atoms with van der Waals surface area (Å²) in [4.78, 5) is 14.2. The van der Waals surface area contributed by atoms with Crippen molar-refractivity contribution in [3.8, 4) is 6.07 Å². The highest BCUT2D eigenvalue weighted by Crippen LogP contribution is 2.25. The van der Waals surface area contributed by atoms with Crippen LogP contribution in [-0.2, 0) is 12.8 Å². The third kappa shape index (κ3) is 1.80. The zero-order valence-electron chi connectivity index (χ0n) is 8.84. The second-order valence-electron chi connectivity index (χ2n) is 4.14. The zero-order chi connectivity index (χ0) is 10.8. The molecule has 0 amide bonds. The molecule has 0 radical (unpaired) electrons. The predicted molar refractivity (Wildman–Crippen MR) is 57.6 cm³/mol. The fourth-order valence-electron chi connectivity index (χ4n) is 2.21. The Morgan fingerprint density at radius 3 is 3.13 bits per heavy atom. The summed E-state index contributed by atoms with van der Waals surface area (Å²) in [5.74, 6) is 0.704. The first-order valence-corrected chi connectivity index (χ1v) is 5.39. The second kappa shape index (κ2) is 3.90. The van der Waals surface area contributed by atoms with Gasteiger partial charge in [-0.15, -0.1) is 0 Å². The van der Waals surface area contributed by atoms with Crippen molar-refractivity contribution in [3.63, 3.8) is 0 Å². The maximum absolute atomic E-state index is 11.4. The number of rotatable bonds is 1. The summed E-state index contributed by atoms with van der Waals surface area (Å²) in [6.45, 7) is 2.19. The molecule has 0 fully saturated rings. The summed E-state index contributed by atoms with van der Waals surface area (Å²) < 4.78 is 0. The minimum atomic E-state index is -0.244. The SMILES string of the molecule is CC[C@@H]1CCc2[nH]c(=O)c(C#N)cc2C1. The number of hydrogen-bond donors (Lipinski definition) is 1. The largest absolute Gasteiger partial charge is 0.325 e. The molecule has 0 aromatic carbocycles. The average molecular weight is 202 g/mol. The minimum Gasteiger partial charge on any atom is -0.325 e. The molecule has 0 aliphatic heterocycles. The van der Waals surface area contributed by atoms with Crippen molar-refractivity contribution in [3.05, 3.63) is 33.2 Å². The van der Waals surface area contributed by atoms with Crippen LogP contribution in [0.3, 0.4) is 0 Å². The number of nitriles is 1. The number of aromatic nitrogens is 1. The smallest absolute Gasteiger partial charge is 0.266 e. The molecule has 1 atom stereocenters. The lowest BCUT2D eigenvalue weighted by Gasteiger charge is -2.22. The van der Waals surface area contributed by atoms with Gasteiger partial charge in [-0.1, -0.05) is 13.3 Å². The van der Waals surface area contributed by atoms with Crippen LogP contribution in [-0.4, -0.2) is 4.98 Å². The molecule has 0 spiro atoms. The van der Waals surface area contributed by atoms with Gasteiger partial charge in [0, 0.05) is 5.69 Å². The molecular formula is C12H14N2O. The van der Waals surface area contributed by atoms with E-state index in [9.17, 15) is 4.79 Å². The Hall–Kier alpha value is -1.56. The summed E-state index contributed by atoms with van der Waals surface area (Å²) in [5.41, 5.74) is 2.18. The topological polar surface area (TPSA) is 56.6 Å². The lowest BCUT2D eigenvalue weighted by molar-refractivity contribution is 0.439. The van der Waals surface area contributed by atoms with Gasteiger partial charge in [0.1, 0.15) is 11.6 Å². The lowest BCUT2D eigenvalue weighted by atomic mass is 9.85. The van der Waals surface area contributed by atoms with Crippen LogP contribution in [0.25, 0.3) is 0 Å². The Morgan fingerprint density at radius 2 is 2.47 bits per heavy atom. The first kappa shape index (κ1) is 9.97. The van der Waals surface area contributed by atoms with E-state index in [1.807, 2.05) is 6.07 Å². The number of aromatic amines is 1. The molecule has 1 N–H and O–H groups in total. The van der Waals surface area contributed by atoms with Crippen LogP contribution >= 0.6 is 0 Å². The van der Waals surface area contributed by atoms with Crippen molar-refractivity contribution in [1.29, 1.82) is 5.26 Å². The van der Waals surface area contributed by atoms with Gasteiger partial charge in [0.25, 0.3) is 5.56 Å². The summed E-state index contributed by atoms with van der Waals surface area (Å²) in [6, 6.07) is 3.69. The molecule has 1 aliphatic carbocycles. The molecule has 0 bridgehead atoms. The third-order valence-electron chi connectivity index (χ3n) is 3.22. The molecule has 3 heteroatoms. The van der Waals surface area contributed by atoms with E-state index in [0.29, 0.717) is 5.92 Å². The van der Waals surface area contributed by atoms with Crippen LogP contribution in [0.15, 0.2) is 10.9 Å². The Balaban J connectivity index is 2.43. The molecule has 3 nitrogen and oxygen atoms in total. The molecular weight excluding hydrogens is 188 g/mol. The molecule has 1 aliphatic rings. The van der Waals surface area contributed by atoms with Crippen LogP contribution < -0.4 is 5.56 Å². The van der Waals surface area contributed by atoms with Gasteiger partial charge in [0.2, 0.25) is 0 Å². The normalized spacial score (nSPS) is 19.3. The number of H-pyrrole nitrogens is 1. The van der Waals surface area contributed by atoms with Crippen LogP contribution in [0.5, 0.6) is 0 Å². The maximum atomic E-state index is 11.4. The molecule has 2 rings (SSSR count). The van der Waals surface area contributed by atoms with E-state index in [2.05, 4.69) is 11.9 Å². The van der Waals surface area contributed by atoms with Crippen LogP contribution in [0.2, 0.25) is 0 Å². The van der Waals surface area contributed by atoms with Gasteiger partial charge < -0.3 is 4.98 Å². The van der Waals surface area contributed by atoms with E-state index in [1.165, 1.54) is 6.42 Å². The van der Waals surface area contributed by atoms with Crippen molar-refractivity contribution in [1.82, 2.24) is 4.98 Å². The van der Waals surface area contributed by atoms with Gasteiger partial charge in [-0.2, -0.15) is 5.26 Å². The number of nitrogens with zero attached hydrogens (tertiary/aromatic N) is 1. The number of fused-ring (bicyclic) bond motifs is 1. The Kier molecular flexibility index (Phi) is 2.59. The van der Waals surface area contributed by atoms with Gasteiger partial charge in [-0.25, -0.2) is 0 Å². The molecule has 0 saturated heterocycles. The monoisotopic (exact) mass is 202 g/mol. The van der Waals surface area contributed by atoms with Crippen molar-refractivity contribution in [2.45, 2.75) is 32.6 Å². The fraction of sp³-hybridized carbons (Fsp3) is 0.500. The van der Waals surface area contributed by atoms with Crippen molar-refractivity contribution >= 4 is 0 Å². The Labute approximate surface area is 88.8 Å². The zero-order valence-corrected chi connectivity index (χ0v) is 8.84. The number of pyridine rings is 1. The highest BCUT2D eigenvalue weighted by molar-refractivity contribution is 5.34. The average Bonchev–Trinajstić information content (AvgIpc) is 2.27. The third-order valence-corrected chi connectivity index (χ3v) is 3.22. The van der Waals surface area contributed by atoms with E-state index in [0.717, 1.165) is 30.5 Å². The quantitative estimate of drug-likeness (QED) is 0.754. The van der Waals surface area contributed by atoms with Gasteiger partial charge in [-0.3, -0.25) is 4.79 Å². The van der Waals surface area contributed by atoms with Crippen molar-refractivity contribution in [2.75, 3.05) is 0 Å². The Bertz CT molecular complexity index is 467. The first-order valence-electron chi connectivity index (χ1n) is 5.39. The number of nitrogens with one attached hydrogen (secondary N) is 1. The van der Waals surface area contributed by atoms with Gasteiger partial charge in [0.15, 0.2) is 0 Å². The van der Waals surface area contributed by atoms with Gasteiger partial charge in [0.05, 0.1) is 0 Å².